The van der Waals surface area contributed by atoms with Gasteiger partial charge < -0.3 is 4.74 Å². The van der Waals surface area contributed by atoms with Gasteiger partial charge >= 0.3 is 5.97 Å². The van der Waals surface area contributed by atoms with Crippen molar-refractivity contribution in [3.05, 3.63) is 12.7 Å². The van der Waals surface area contributed by atoms with Crippen molar-refractivity contribution < 1.29 is 9.53 Å². The van der Waals surface area contributed by atoms with Crippen LogP contribution in [0.1, 0.15) is 46.5 Å². The quantitative estimate of drug-likeness (QED) is 0.356. The van der Waals surface area contributed by atoms with E-state index in [9.17, 15) is 4.79 Å². The molecule has 0 radical (unpaired) electrons. The second-order valence-corrected chi connectivity index (χ2v) is 4.35. The molecule has 0 rings (SSSR count). The number of ether oxygens (including phenoxy) is 1. The second kappa shape index (κ2) is 6.63. The van der Waals surface area contributed by atoms with Crippen LogP contribution in [0.4, 0.5) is 0 Å². The summed E-state index contributed by atoms with van der Waals surface area (Å²) in [5, 5.41) is 0. The van der Waals surface area contributed by atoms with Gasteiger partial charge in [-0.05, 0) is 24.7 Å². The van der Waals surface area contributed by atoms with Crippen LogP contribution in [-0.2, 0) is 9.53 Å². The molecule has 0 aliphatic carbocycles. The maximum atomic E-state index is 10.7. The normalized spacial score (nSPS) is 11.1. The molecule has 2 nitrogen and oxygen atoms in total. The van der Waals surface area contributed by atoms with E-state index in [1.165, 1.54) is 18.9 Å². The predicted octanol–water partition coefficient (Wildman–Crippen LogP) is 3.32. The molecule has 0 aromatic carbocycles. The average molecular weight is 198 g/mol. The lowest BCUT2D eigenvalue weighted by Gasteiger charge is -2.21. The minimum atomic E-state index is -0.320. The Balaban J connectivity index is 3.38. The lowest BCUT2D eigenvalue weighted by Crippen LogP contribution is -2.10. The molecule has 2 heteroatoms. The first kappa shape index (κ1) is 13.2. The van der Waals surface area contributed by atoms with Gasteiger partial charge in [-0.25, -0.2) is 4.79 Å². The zero-order valence-electron chi connectivity index (χ0n) is 9.64. The molecule has 0 N–H and O–H groups in total. The Kier molecular flexibility index (Phi) is 6.26. The van der Waals surface area contributed by atoms with Crippen LogP contribution in [0.15, 0.2) is 12.7 Å². The highest BCUT2D eigenvalue weighted by molar-refractivity contribution is 5.81. The largest absolute Gasteiger partial charge is 0.463 e. The molecule has 82 valence electrons. The third kappa shape index (κ3) is 6.70. The van der Waals surface area contributed by atoms with Crippen LogP contribution in [0.25, 0.3) is 0 Å². The summed E-state index contributed by atoms with van der Waals surface area (Å²) in [6, 6.07) is 0. The van der Waals surface area contributed by atoms with E-state index in [1.54, 1.807) is 0 Å². The van der Waals surface area contributed by atoms with E-state index in [0.29, 0.717) is 12.0 Å². The molecule has 0 spiro atoms. The van der Waals surface area contributed by atoms with Gasteiger partial charge in [-0.1, -0.05) is 33.8 Å². The van der Waals surface area contributed by atoms with Crippen LogP contribution >= 0.6 is 0 Å². The zero-order chi connectivity index (χ0) is 11.0. The first-order valence-corrected chi connectivity index (χ1v) is 5.31. The van der Waals surface area contributed by atoms with Gasteiger partial charge in [-0.3, -0.25) is 0 Å². The van der Waals surface area contributed by atoms with Crippen molar-refractivity contribution in [2.75, 3.05) is 6.61 Å². The van der Waals surface area contributed by atoms with E-state index in [1.807, 2.05) is 0 Å². The highest BCUT2D eigenvalue weighted by Gasteiger charge is 2.13. The van der Waals surface area contributed by atoms with E-state index < -0.39 is 0 Å². The molecule has 0 bridgehead atoms. The Bertz CT molecular complexity index is 183. The summed E-state index contributed by atoms with van der Waals surface area (Å²) in [7, 11) is 0. The van der Waals surface area contributed by atoms with Crippen molar-refractivity contribution in [2.24, 2.45) is 5.41 Å². The van der Waals surface area contributed by atoms with Gasteiger partial charge in [0.1, 0.15) is 0 Å². The zero-order valence-corrected chi connectivity index (χ0v) is 9.64. The van der Waals surface area contributed by atoms with Gasteiger partial charge in [0.05, 0.1) is 6.61 Å². The fourth-order valence-corrected chi connectivity index (χ4v) is 1.11. The highest BCUT2D eigenvalue weighted by Crippen LogP contribution is 2.26. The Morgan fingerprint density at radius 3 is 2.57 bits per heavy atom. The molecule has 0 aliphatic rings. The molecule has 0 aromatic rings. The molecule has 0 saturated heterocycles. The van der Waals surface area contributed by atoms with Crippen LogP contribution in [0.3, 0.4) is 0 Å². The van der Waals surface area contributed by atoms with Crippen LogP contribution in [0.5, 0.6) is 0 Å². The van der Waals surface area contributed by atoms with E-state index in [2.05, 4.69) is 27.4 Å². The van der Waals surface area contributed by atoms with E-state index >= 15 is 0 Å². The van der Waals surface area contributed by atoms with E-state index in [-0.39, 0.29) is 5.97 Å². The lowest BCUT2D eigenvalue weighted by atomic mass is 9.85. The van der Waals surface area contributed by atoms with Crippen LogP contribution in [-0.4, -0.2) is 12.6 Å². The van der Waals surface area contributed by atoms with E-state index in [4.69, 9.17) is 4.74 Å². The minimum Gasteiger partial charge on any atom is -0.463 e. The van der Waals surface area contributed by atoms with Gasteiger partial charge in [0.25, 0.3) is 0 Å². The SMILES string of the molecule is C=CC(=O)OCCCCC(C)(C)CC. The predicted molar refractivity (Wildman–Crippen MR) is 59.1 cm³/mol. The van der Waals surface area contributed by atoms with Gasteiger partial charge in [0.15, 0.2) is 0 Å². The van der Waals surface area contributed by atoms with Crippen molar-refractivity contribution in [1.29, 1.82) is 0 Å². The number of hydrogen-bond donors (Lipinski definition) is 0. The molecule has 0 atom stereocenters. The van der Waals surface area contributed by atoms with E-state index in [0.717, 1.165) is 12.8 Å². The smallest absolute Gasteiger partial charge is 0.330 e. The van der Waals surface area contributed by atoms with Crippen LogP contribution in [0.2, 0.25) is 0 Å². The molecule has 0 aromatic heterocycles. The van der Waals surface area contributed by atoms with Crippen molar-refractivity contribution >= 4 is 5.97 Å². The Morgan fingerprint density at radius 2 is 2.07 bits per heavy atom. The third-order valence-corrected chi connectivity index (χ3v) is 2.62. The van der Waals surface area contributed by atoms with Crippen LogP contribution < -0.4 is 0 Å². The molecule has 0 unspecified atom stereocenters. The van der Waals surface area contributed by atoms with Crippen molar-refractivity contribution in [2.45, 2.75) is 46.5 Å². The number of unbranched alkanes of at least 4 members (excludes halogenated alkanes) is 1. The number of esters is 1. The van der Waals surface area contributed by atoms with Crippen LogP contribution in [0, 0.1) is 5.41 Å². The summed E-state index contributed by atoms with van der Waals surface area (Å²) in [4.78, 5) is 10.7. The molecule has 0 heterocycles. The lowest BCUT2D eigenvalue weighted by molar-refractivity contribution is -0.137. The summed E-state index contributed by atoms with van der Waals surface area (Å²) in [6.07, 6.45) is 5.65. The van der Waals surface area contributed by atoms with Crippen molar-refractivity contribution in [1.82, 2.24) is 0 Å². The summed E-state index contributed by atoms with van der Waals surface area (Å²) in [5.74, 6) is -0.320. The number of rotatable bonds is 7. The maximum Gasteiger partial charge on any atom is 0.330 e. The fraction of sp³-hybridized carbons (Fsp3) is 0.750. The number of carbonyl (C=O) groups is 1. The van der Waals surface area contributed by atoms with Crippen molar-refractivity contribution in [3.8, 4) is 0 Å². The molecule has 0 fully saturated rings. The molecule has 14 heavy (non-hydrogen) atoms. The molecule has 0 saturated carbocycles. The third-order valence-electron chi connectivity index (χ3n) is 2.62. The Hall–Kier alpha value is -0.790. The number of carbonyl (C=O) groups excluding carboxylic acids is 1. The molecular weight excluding hydrogens is 176 g/mol. The fourth-order valence-electron chi connectivity index (χ4n) is 1.11. The molecular formula is C12H22O2. The standard InChI is InChI=1S/C12H22O2/c1-5-11(13)14-10-8-7-9-12(3,4)6-2/h5H,1,6-10H2,2-4H3. The highest BCUT2D eigenvalue weighted by atomic mass is 16.5. The monoisotopic (exact) mass is 198 g/mol. The number of hydrogen-bond acceptors (Lipinski definition) is 2. The summed E-state index contributed by atoms with van der Waals surface area (Å²) in [6.45, 7) is 10.6. The molecule has 0 aliphatic heterocycles. The van der Waals surface area contributed by atoms with Gasteiger partial charge in [0.2, 0.25) is 0 Å². The summed E-state index contributed by atoms with van der Waals surface area (Å²) < 4.78 is 4.88. The van der Waals surface area contributed by atoms with Gasteiger partial charge in [-0.15, -0.1) is 0 Å². The minimum absolute atomic E-state index is 0.320. The van der Waals surface area contributed by atoms with Gasteiger partial charge in [0, 0.05) is 6.08 Å². The summed E-state index contributed by atoms with van der Waals surface area (Å²) in [5.41, 5.74) is 0.419. The summed E-state index contributed by atoms with van der Waals surface area (Å²) >= 11 is 0. The second-order valence-electron chi connectivity index (χ2n) is 4.35. The first-order chi connectivity index (χ1) is 6.52. The van der Waals surface area contributed by atoms with Crippen molar-refractivity contribution in [3.63, 3.8) is 0 Å². The Morgan fingerprint density at radius 1 is 1.43 bits per heavy atom. The first-order valence-electron chi connectivity index (χ1n) is 5.31. The maximum absolute atomic E-state index is 10.7. The van der Waals surface area contributed by atoms with Gasteiger partial charge in [-0.2, -0.15) is 0 Å². The Labute approximate surface area is 87.3 Å². The average Bonchev–Trinajstić information content (AvgIpc) is 2.17. The molecule has 0 amide bonds. The topological polar surface area (TPSA) is 26.3 Å².